The molecule has 0 aliphatic carbocycles. The Hall–Kier alpha value is -1.34. The summed E-state index contributed by atoms with van der Waals surface area (Å²) in [6.45, 7) is 0.416. The van der Waals surface area contributed by atoms with Crippen LogP contribution in [-0.2, 0) is 16.4 Å². The summed E-state index contributed by atoms with van der Waals surface area (Å²) in [5.74, 6) is 0.377. The maximum atomic E-state index is 13.1. The lowest BCUT2D eigenvalue weighted by atomic mass is 10.2. The van der Waals surface area contributed by atoms with Gasteiger partial charge >= 0.3 is 0 Å². The lowest BCUT2D eigenvalue weighted by Gasteiger charge is -2.16. The first-order chi connectivity index (χ1) is 9.89. The molecule has 0 amide bonds. The molecule has 2 N–H and O–H groups in total. The molecule has 2 rings (SSSR count). The molecular formula is C13H17ClFN3O2S. The van der Waals surface area contributed by atoms with E-state index >= 15 is 0 Å². The lowest BCUT2D eigenvalue weighted by Crippen LogP contribution is -2.43. The van der Waals surface area contributed by atoms with Crippen molar-refractivity contribution in [1.29, 1.82) is 0 Å². The van der Waals surface area contributed by atoms with Gasteiger partial charge < -0.3 is 10.6 Å². The molecule has 8 heteroatoms. The van der Waals surface area contributed by atoms with Gasteiger partial charge in [0.25, 0.3) is 0 Å². The third-order valence-electron chi connectivity index (χ3n) is 3.24. The van der Waals surface area contributed by atoms with Crippen LogP contribution in [0.3, 0.4) is 0 Å². The number of nitrogens with zero attached hydrogens (tertiary/aromatic N) is 1. The summed E-state index contributed by atoms with van der Waals surface area (Å²) in [5.41, 5.74) is 0.809. The number of hydrogen-bond donors (Lipinski definition) is 2. The van der Waals surface area contributed by atoms with Crippen molar-refractivity contribution in [2.45, 2.75) is 19.0 Å². The summed E-state index contributed by atoms with van der Waals surface area (Å²) in [7, 11) is -1.32. The van der Waals surface area contributed by atoms with Gasteiger partial charge in [-0.15, -0.1) is 0 Å². The van der Waals surface area contributed by atoms with Crippen LogP contribution in [0.25, 0.3) is 0 Å². The molecule has 0 bridgehead atoms. The number of sulfone groups is 1. The molecule has 1 atom stereocenters. The third-order valence-corrected chi connectivity index (χ3v) is 5.30. The summed E-state index contributed by atoms with van der Waals surface area (Å²) in [4.78, 5) is 4.05. The van der Waals surface area contributed by atoms with E-state index in [4.69, 9.17) is 11.6 Å². The topological polar surface area (TPSA) is 70.6 Å². The second-order valence-electron chi connectivity index (χ2n) is 4.92. The standard InChI is InChI=1S/C13H17ClFN3O2S/c1-16-13(18-10-4-5-21(19,20)8-10)17-7-9-2-3-12(15)11(14)6-9/h2-3,6,10H,4-5,7-8H2,1H3,(H2,16,17,18). The minimum absolute atomic E-state index is 0.0686. The Labute approximate surface area is 128 Å². The van der Waals surface area contributed by atoms with Gasteiger partial charge in [-0.3, -0.25) is 4.99 Å². The quantitative estimate of drug-likeness (QED) is 0.647. The molecule has 0 radical (unpaired) electrons. The number of guanidine groups is 1. The van der Waals surface area contributed by atoms with Crippen LogP contribution in [-0.4, -0.2) is 39.0 Å². The van der Waals surface area contributed by atoms with E-state index in [1.165, 1.54) is 12.1 Å². The van der Waals surface area contributed by atoms with Crippen LogP contribution in [0.2, 0.25) is 5.02 Å². The fraction of sp³-hybridized carbons (Fsp3) is 0.462. The number of hydrogen-bond acceptors (Lipinski definition) is 3. The van der Waals surface area contributed by atoms with E-state index in [1.807, 2.05) is 0 Å². The summed E-state index contributed by atoms with van der Waals surface area (Å²) in [5, 5.41) is 6.19. The predicted octanol–water partition coefficient (Wildman–Crippen LogP) is 1.33. The summed E-state index contributed by atoms with van der Waals surface area (Å²) in [6.07, 6.45) is 0.575. The number of nitrogens with one attached hydrogen (secondary N) is 2. The summed E-state index contributed by atoms with van der Waals surface area (Å²) >= 11 is 5.72. The van der Waals surface area contributed by atoms with Crippen LogP contribution in [0.4, 0.5) is 4.39 Å². The van der Waals surface area contributed by atoms with Gasteiger partial charge in [0, 0.05) is 19.6 Å². The van der Waals surface area contributed by atoms with Crippen LogP contribution in [0.5, 0.6) is 0 Å². The Morgan fingerprint density at radius 2 is 2.29 bits per heavy atom. The van der Waals surface area contributed by atoms with Crippen molar-refractivity contribution in [2.24, 2.45) is 4.99 Å². The summed E-state index contributed by atoms with van der Waals surface area (Å²) in [6, 6.07) is 4.34. The van der Waals surface area contributed by atoms with Crippen molar-refractivity contribution >= 4 is 27.4 Å². The van der Waals surface area contributed by atoms with Crippen LogP contribution < -0.4 is 10.6 Å². The Balaban J connectivity index is 1.90. The van der Waals surface area contributed by atoms with Crippen LogP contribution in [0.1, 0.15) is 12.0 Å². The van der Waals surface area contributed by atoms with Crippen LogP contribution in [0, 0.1) is 5.82 Å². The average Bonchev–Trinajstić information content (AvgIpc) is 2.77. The number of benzene rings is 1. The highest BCUT2D eigenvalue weighted by molar-refractivity contribution is 7.91. The maximum absolute atomic E-state index is 13.1. The van der Waals surface area contributed by atoms with Gasteiger partial charge in [0.05, 0.1) is 16.5 Å². The molecule has 1 aliphatic rings. The highest BCUT2D eigenvalue weighted by Gasteiger charge is 2.28. The van der Waals surface area contributed by atoms with Gasteiger partial charge in [0.2, 0.25) is 0 Å². The zero-order valence-corrected chi connectivity index (χ0v) is 13.1. The highest BCUT2D eigenvalue weighted by atomic mass is 35.5. The maximum Gasteiger partial charge on any atom is 0.191 e. The van der Waals surface area contributed by atoms with E-state index in [9.17, 15) is 12.8 Å². The number of aliphatic imine (C=N–C) groups is 1. The molecular weight excluding hydrogens is 317 g/mol. The molecule has 5 nitrogen and oxygen atoms in total. The Bertz CT molecular complexity index is 649. The average molecular weight is 334 g/mol. The SMILES string of the molecule is CN=C(NCc1ccc(F)c(Cl)c1)NC1CCS(=O)(=O)C1. The van der Waals surface area contributed by atoms with Crippen molar-refractivity contribution in [3.8, 4) is 0 Å². The Kier molecular flexibility index (Phi) is 5.05. The minimum Gasteiger partial charge on any atom is -0.353 e. The van der Waals surface area contributed by atoms with E-state index in [0.717, 1.165) is 5.56 Å². The van der Waals surface area contributed by atoms with Gasteiger partial charge in [0.15, 0.2) is 15.8 Å². The first kappa shape index (κ1) is 16.0. The molecule has 1 heterocycles. The first-order valence-electron chi connectivity index (χ1n) is 6.51. The molecule has 1 aliphatic heterocycles. The molecule has 1 saturated heterocycles. The Morgan fingerprint density at radius 1 is 1.52 bits per heavy atom. The molecule has 1 unspecified atom stereocenters. The van der Waals surface area contributed by atoms with Gasteiger partial charge in [-0.25, -0.2) is 12.8 Å². The molecule has 21 heavy (non-hydrogen) atoms. The molecule has 0 aromatic heterocycles. The van der Waals surface area contributed by atoms with E-state index in [2.05, 4.69) is 15.6 Å². The molecule has 116 valence electrons. The number of halogens is 2. The van der Waals surface area contributed by atoms with Gasteiger partial charge in [-0.1, -0.05) is 17.7 Å². The van der Waals surface area contributed by atoms with Crippen LogP contribution >= 0.6 is 11.6 Å². The van der Waals surface area contributed by atoms with Gasteiger partial charge in [0.1, 0.15) is 5.82 Å². The van der Waals surface area contributed by atoms with E-state index < -0.39 is 15.7 Å². The zero-order chi connectivity index (χ0) is 15.5. The van der Waals surface area contributed by atoms with E-state index in [1.54, 1.807) is 13.1 Å². The first-order valence-corrected chi connectivity index (χ1v) is 8.71. The van der Waals surface area contributed by atoms with Gasteiger partial charge in [-0.2, -0.15) is 0 Å². The van der Waals surface area contributed by atoms with E-state index in [-0.39, 0.29) is 22.6 Å². The zero-order valence-electron chi connectivity index (χ0n) is 11.6. The minimum atomic E-state index is -2.93. The highest BCUT2D eigenvalue weighted by Crippen LogP contribution is 2.16. The van der Waals surface area contributed by atoms with Crippen molar-refractivity contribution < 1.29 is 12.8 Å². The van der Waals surface area contributed by atoms with E-state index in [0.29, 0.717) is 18.9 Å². The lowest BCUT2D eigenvalue weighted by molar-refractivity contribution is 0.599. The second-order valence-corrected chi connectivity index (χ2v) is 7.55. The molecule has 1 aromatic rings. The molecule has 1 fully saturated rings. The summed E-state index contributed by atoms with van der Waals surface area (Å²) < 4.78 is 35.9. The predicted molar refractivity (Wildman–Crippen MR) is 81.8 cm³/mol. The third kappa shape index (κ3) is 4.57. The molecule has 1 aromatic carbocycles. The monoisotopic (exact) mass is 333 g/mol. The normalized spacial score (nSPS) is 21.3. The fourth-order valence-electron chi connectivity index (χ4n) is 2.13. The number of rotatable bonds is 3. The second kappa shape index (κ2) is 6.62. The largest absolute Gasteiger partial charge is 0.353 e. The smallest absolute Gasteiger partial charge is 0.191 e. The fourth-order valence-corrected chi connectivity index (χ4v) is 4.01. The van der Waals surface area contributed by atoms with Crippen LogP contribution in [0.15, 0.2) is 23.2 Å². The van der Waals surface area contributed by atoms with Crippen molar-refractivity contribution in [3.63, 3.8) is 0 Å². The molecule has 0 spiro atoms. The van der Waals surface area contributed by atoms with Gasteiger partial charge in [-0.05, 0) is 24.1 Å². The van der Waals surface area contributed by atoms with Crippen molar-refractivity contribution in [2.75, 3.05) is 18.6 Å². The van der Waals surface area contributed by atoms with Crippen molar-refractivity contribution in [3.05, 3.63) is 34.6 Å². The Morgan fingerprint density at radius 3 is 2.86 bits per heavy atom. The molecule has 0 saturated carbocycles. The van der Waals surface area contributed by atoms with Crippen molar-refractivity contribution in [1.82, 2.24) is 10.6 Å².